The van der Waals surface area contributed by atoms with Crippen molar-refractivity contribution in [2.75, 3.05) is 0 Å². The second kappa shape index (κ2) is 4.52. The molecule has 0 radical (unpaired) electrons. The van der Waals surface area contributed by atoms with Gasteiger partial charge in [0.15, 0.2) is 6.17 Å². The summed E-state index contributed by atoms with van der Waals surface area (Å²) >= 11 is 0. The standard InChI is InChI=1S/C7H8F8/c1-2-3(8)4(9)5(10)6(11,12)7(13,14)15/h3-5H,2H2,1H3/t3?,4?,5-/m0/s1. The summed E-state index contributed by atoms with van der Waals surface area (Å²) in [7, 11) is 0. The zero-order valence-electron chi connectivity index (χ0n) is 7.46. The summed E-state index contributed by atoms with van der Waals surface area (Å²) < 4.78 is 96.2. The smallest absolute Gasteiger partial charge is 0.244 e. The minimum atomic E-state index is -6.23. The monoisotopic (exact) mass is 244 g/mol. The lowest BCUT2D eigenvalue weighted by Crippen LogP contribution is -2.51. The van der Waals surface area contributed by atoms with Crippen LogP contribution in [0.4, 0.5) is 35.1 Å². The summed E-state index contributed by atoms with van der Waals surface area (Å²) in [6, 6.07) is 0. The van der Waals surface area contributed by atoms with Gasteiger partial charge in [0.25, 0.3) is 0 Å². The van der Waals surface area contributed by atoms with Crippen molar-refractivity contribution in [3.63, 3.8) is 0 Å². The van der Waals surface area contributed by atoms with Crippen LogP contribution in [0.1, 0.15) is 13.3 Å². The van der Waals surface area contributed by atoms with E-state index >= 15 is 0 Å². The molecule has 0 heterocycles. The molecule has 92 valence electrons. The number of hydrogen-bond acceptors (Lipinski definition) is 0. The minimum absolute atomic E-state index is 0.685. The van der Waals surface area contributed by atoms with Crippen molar-refractivity contribution in [3.05, 3.63) is 0 Å². The molecule has 0 aromatic carbocycles. The second-order valence-electron chi connectivity index (χ2n) is 2.89. The minimum Gasteiger partial charge on any atom is -0.244 e. The Morgan fingerprint density at radius 3 is 1.60 bits per heavy atom. The van der Waals surface area contributed by atoms with Gasteiger partial charge < -0.3 is 0 Å². The van der Waals surface area contributed by atoms with Crippen molar-refractivity contribution in [2.24, 2.45) is 0 Å². The van der Waals surface area contributed by atoms with E-state index < -0.39 is 37.0 Å². The molecule has 0 fully saturated rings. The van der Waals surface area contributed by atoms with Gasteiger partial charge in [-0.1, -0.05) is 6.92 Å². The van der Waals surface area contributed by atoms with Gasteiger partial charge in [0.2, 0.25) is 6.17 Å². The third kappa shape index (κ3) is 2.94. The lowest BCUT2D eigenvalue weighted by molar-refractivity contribution is -0.311. The molecule has 3 atom stereocenters. The Hall–Kier alpha value is -0.560. The van der Waals surface area contributed by atoms with Crippen molar-refractivity contribution >= 4 is 0 Å². The highest BCUT2D eigenvalue weighted by atomic mass is 19.4. The normalized spacial score (nSPS) is 19.8. The van der Waals surface area contributed by atoms with Gasteiger partial charge in [0.05, 0.1) is 0 Å². The van der Waals surface area contributed by atoms with Crippen LogP contribution in [-0.2, 0) is 0 Å². The molecular formula is C7H8F8. The molecule has 0 aromatic heterocycles. The van der Waals surface area contributed by atoms with Gasteiger partial charge in [-0.05, 0) is 6.42 Å². The zero-order chi connectivity index (χ0) is 12.4. The van der Waals surface area contributed by atoms with Gasteiger partial charge in [-0.25, -0.2) is 13.2 Å². The van der Waals surface area contributed by atoms with E-state index in [1.54, 1.807) is 0 Å². The molecule has 0 aliphatic heterocycles. The molecule has 0 nitrogen and oxygen atoms in total. The zero-order valence-corrected chi connectivity index (χ0v) is 7.46. The summed E-state index contributed by atoms with van der Waals surface area (Å²) in [6.07, 6.45) is -17.3. The Morgan fingerprint density at radius 2 is 1.33 bits per heavy atom. The van der Waals surface area contributed by atoms with Gasteiger partial charge in [-0.3, -0.25) is 0 Å². The lowest BCUT2D eigenvalue weighted by Gasteiger charge is -2.26. The quantitative estimate of drug-likeness (QED) is 0.662. The van der Waals surface area contributed by atoms with E-state index in [1.807, 2.05) is 0 Å². The van der Waals surface area contributed by atoms with Crippen LogP contribution >= 0.6 is 0 Å². The third-order valence-electron chi connectivity index (χ3n) is 1.74. The van der Waals surface area contributed by atoms with Gasteiger partial charge >= 0.3 is 12.1 Å². The largest absolute Gasteiger partial charge is 0.456 e. The van der Waals surface area contributed by atoms with Crippen LogP contribution in [-0.4, -0.2) is 30.6 Å². The highest BCUT2D eigenvalue weighted by Gasteiger charge is 2.66. The molecular weight excluding hydrogens is 236 g/mol. The first-order valence-electron chi connectivity index (χ1n) is 3.92. The molecule has 0 aromatic rings. The Labute approximate surface area is 80.3 Å². The fourth-order valence-corrected chi connectivity index (χ4v) is 0.765. The second-order valence-corrected chi connectivity index (χ2v) is 2.89. The third-order valence-corrected chi connectivity index (χ3v) is 1.74. The average Bonchev–Trinajstić information content (AvgIpc) is 2.12. The van der Waals surface area contributed by atoms with E-state index in [9.17, 15) is 35.1 Å². The first-order valence-corrected chi connectivity index (χ1v) is 3.92. The fraction of sp³-hybridized carbons (Fsp3) is 1.00. The average molecular weight is 244 g/mol. The van der Waals surface area contributed by atoms with E-state index in [-0.39, 0.29) is 0 Å². The highest BCUT2D eigenvalue weighted by molar-refractivity contribution is 4.91. The van der Waals surface area contributed by atoms with Crippen LogP contribution in [0.15, 0.2) is 0 Å². The van der Waals surface area contributed by atoms with E-state index in [1.165, 1.54) is 0 Å². The molecule has 0 aliphatic rings. The molecule has 0 aliphatic carbocycles. The van der Waals surface area contributed by atoms with E-state index in [0.717, 1.165) is 6.92 Å². The van der Waals surface area contributed by atoms with E-state index in [4.69, 9.17) is 0 Å². The number of halogens is 8. The molecule has 0 spiro atoms. The summed E-state index contributed by atoms with van der Waals surface area (Å²) in [5, 5.41) is 0. The molecule has 0 amide bonds. The van der Waals surface area contributed by atoms with Crippen LogP contribution in [0.5, 0.6) is 0 Å². The van der Waals surface area contributed by atoms with Gasteiger partial charge in [0, 0.05) is 0 Å². The fourth-order valence-electron chi connectivity index (χ4n) is 0.765. The van der Waals surface area contributed by atoms with Crippen molar-refractivity contribution in [3.8, 4) is 0 Å². The van der Waals surface area contributed by atoms with Crippen LogP contribution < -0.4 is 0 Å². The summed E-state index contributed by atoms with van der Waals surface area (Å²) in [6.45, 7) is 0.996. The summed E-state index contributed by atoms with van der Waals surface area (Å²) in [5.74, 6) is -5.88. The maximum atomic E-state index is 12.5. The first kappa shape index (κ1) is 14.4. The number of alkyl halides is 8. The van der Waals surface area contributed by atoms with Gasteiger partial charge in [-0.2, -0.15) is 22.0 Å². The maximum Gasteiger partial charge on any atom is 0.456 e. The predicted molar refractivity (Wildman–Crippen MR) is 36.0 cm³/mol. The summed E-state index contributed by atoms with van der Waals surface area (Å²) in [4.78, 5) is 0. The Bertz CT molecular complexity index is 198. The van der Waals surface area contributed by atoms with Gasteiger partial charge in [0.1, 0.15) is 6.17 Å². The van der Waals surface area contributed by atoms with Crippen molar-refractivity contribution < 1.29 is 35.1 Å². The molecule has 2 unspecified atom stereocenters. The topological polar surface area (TPSA) is 0 Å². The lowest BCUT2D eigenvalue weighted by atomic mass is 10.0. The molecule has 15 heavy (non-hydrogen) atoms. The van der Waals surface area contributed by atoms with Crippen molar-refractivity contribution in [1.82, 2.24) is 0 Å². The SMILES string of the molecule is CCC(F)C(F)[C@H](F)C(F)(F)C(F)(F)F. The van der Waals surface area contributed by atoms with Crippen LogP contribution in [0, 0.1) is 0 Å². The number of rotatable bonds is 4. The highest BCUT2D eigenvalue weighted by Crippen LogP contribution is 2.42. The molecule has 8 heteroatoms. The van der Waals surface area contributed by atoms with Crippen molar-refractivity contribution in [2.45, 2.75) is 44.0 Å². The van der Waals surface area contributed by atoms with Crippen LogP contribution in [0.2, 0.25) is 0 Å². The Morgan fingerprint density at radius 1 is 0.933 bits per heavy atom. The van der Waals surface area contributed by atoms with Crippen LogP contribution in [0.3, 0.4) is 0 Å². The van der Waals surface area contributed by atoms with Crippen LogP contribution in [0.25, 0.3) is 0 Å². The van der Waals surface area contributed by atoms with Gasteiger partial charge in [-0.15, -0.1) is 0 Å². The molecule has 0 saturated carbocycles. The Balaban J connectivity index is 4.77. The van der Waals surface area contributed by atoms with E-state index in [2.05, 4.69) is 0 Å². The Kier molecular flexibility index (Phi) is 4.36. The molecule has 0 rings (SSSR count). The molecule has 0 saturated heterocycles. The maximum absolute atomic E-state index is 12.5. The number of hydrogen-bond donors (Lipinski definition) is 0. The molecule has 0 N–H and O–H groups in total. The first-order chi connectivity index (χ1) is 6.55. The summed E-state index contributed by atoms with van der Waals surface area (Å²) in [5.41, 5.74) is 0. The molecule has 0 bridgehead atoms. The predicted octanol–water partition coefficient (Wildman–Crippen LogP) is 3.61. The van der Waals surface area contributed by atoms with Crippen molar-refractivity contribution in [1.29, 1.82) is 0 Å². The van der Waals surface area contributed by atoms with E-state index in [0.29, 0.717) is 0 Å².